The van der Waals surface area contributed by atoms with Crippen LogP contribution in [0, 0.1) is 11.7 Å². The summed E-state index contributed by atoms with van der Waals surface area (Å²) in [4.78, 5) is 17.5. The van der Waals surface area contributed by atoms with Crippen molar-refractivity contribution in [2.45, 2.75) is 19.8 Å². The number of ketones is 1. The molecule has 0 bridgehead atoms. The van der Waals surface area contributed by atoms with Gasteiger partial charge in [-0.05, 0) is 48.7 Å². The lowest BCUT2D eigenvalue weighted by Gasteiger charge is -2.18. The number of Topliss-reactive ketones (excluding diaryl/α,β-unsaturated/α-hetero) is 1. The summed E-state index contributed by atoms with van der Waals surface area (Å²) in [5.74, 6) is 0.518. The van der Waals surface area contributed by atoms with E-state index in [4.69, 9.17) is 10.1 Å². The minimum atomic E-state index is -0.308. The zero-order chi connectivity index (χ0) is 19.3. The van der Waals surface area contributed by atoms with Gasteiger partial charge in [0.2, 0.25) is 5.13 Å². The number of hydrogen-bond donors (Lipinski definition) is 1. The summed E-state index contributed by atoms with van der Waals surface area (Å²) >= 11 is 1.55. The van der Waals surface area contributed by atoms with Crippen molar-refractivity contribution < 1.29 is 9.18 Å². The molecule has 1 atom stereocenters. The van der Waals surface area contributed by atoms with Gasteiger partial charge in [-0.15, -0.1) is 5.10 Å². The lowest BCUT2D eigenvalue weighted by Crippen LogP contribution is -2.19. The van der Waals surface area contributed by atoms with E-state index in [9.17, 15) is 9.18 Å². The van der Waals surface area contributed by atoms with E-state index in [0.29, 0.717) is 23.5 Å². The summed E-state index contributed by atoms with van der Waals surface area (Å²) in [7, 11) is 0. The van der Waals surface area contributed by atoms with Gasteiger partial charge in [-0.3, -0.25) is 4.79 Å². The SMILES string of the molecule is C[C@H]1CC(=O)c2c(Nc3ccc(F)cc3)nn(-c3nc4ccccc4s3)c2C1. The molecular formula is C21H17FN4OS. The van der Waals surface area contributed by atoms with Crippen molar-refractivity contribution in [2.24, 2.45) is 5.92 Å². The molecule has 0 saturated carbocycles. The summed E-state index contributed by atoms with van der Waals surface area (Å²) < 4.78 is 16.1. The van der Waals surface area contributed by atoms with Crippen LogP contribution in [-0.2, 0) is 6.42 Å². The Morgan fingerprint density at radius 1 is 1.14 bits per heavy atom. The second kappa shape index (κ2) is 6.53. The van der Waals surface area contributed by atoms with Crippen LogP contribution in [0.15, 0.2) is 48.5 Å². The number of nitrogens with one attached hydrogen (secondary N) is 1. The first-order valence-electron chi connectivity index (χ1n) is 9.12. The highest BCUT2D eigenvalue weighted by Crippen LogP contribution is 2.35. The van der Waals surface area contributed by atoms with Gasteiger partial charge in [-0.2, -0.15) is 0 Å². The number of rotatable bonds is 3. The fraction of sp³-hybridized carbons (Fsp3) is 0.190. The van der Waals surface area contributed by atoms with Gasteiger partial charge in [-0.1, -0.05) is 30.4 Å². The molecule has 0 unspecified atom stereocenters. The van der Waals surface area contributed by atoms with E-state index in [1.54, 1.807) is 28.2 Å². The van der Waals surface area contributed by atoms with Gasteiger partial charge in [0.05, 0.1) is 21.5 Å². The molecule has 140 valence electrons. The normalized spacial score (nSPS) is 16.4. The number of benzene rings is 2. The second-order valence-electron chi connectivity index (χ2n) is 7.11. The van der Waals surface area contributed by atoms with Crippen LogP contribution in [0.2, 0.25) is 0 Å². The molecule has 5 nitrogen and oxygen atoms in total. The molecule has 0 radical (unpaired) electrons. The smallest absolute Gasteiger partial charge is 0.211 e. The third-order valence-electron chi connectivity index (χ3n) is 4.91. The Morgan fingerprint density at radius 3 is 2.71 bits per heavy atom. The molecule has 2 aromatic carbocycles. The van der Waals surface area contributed by atoms with E-state index < -0.39 is 0 Å². The van der Waals surface area contributed by atoms with Gasteiger partial charge in [0, 0.05) is 12.1 Å². The fourth-order valence-corrected chi connectivity index (χ4v) is 4.56. The summed E-state index contributed by atoms with van der Waals surface area (Å²) in [6, 6.07) is 14.0. The minimum Gasteiger partial charge on any atom is -0.338 e. The van der Waals surface area contributed by atoms with Crippen molar-refractivity contribution in [3.05, 3.63) is 65.6 Å². The zero-order valence-electron chi connectivity index (χ0n) is 15.1. The number of carbonyl (C=O) groups excluding carboxylic acids is 1. The Bertz CT molecular complexity index is 1160. The largest absolute Gasteiger partial charge is 0.338 e. The fourth-order valence-electron chi connectivity index (χ4n) is 3.62. The summed E-state index contributed by atoms with van der Waals surface area (Å²) in [5, 5.41) is 8.63. The molecule has 1 N–H and O–H groups in total. The predicted octanol–water partition coefficient (Wildman–Crippen LogP) is 5.13. The van der Waals surface area contributed by atoms with Crippen LogP contribution >= 0.6 is 11.3 Å². The highest BCUT2D eigenvalue weighted by molar-refractivity contribution is 7.20. The third-order valence-corrected chi connectivity index (χ3v) is 5.92. The molecule has 2 aromatic heterocycles. The Kier molecular flexibility index (Phi) is 3.98. The van der Waals surface area contributed by atoms with Crippen LogP contribution in [0.1, 0.15) is 29.4 Å². The lowest BCUT2D eigenvalue weighted by molar-refractivity contribution is 0.0953. The first-order valence-corrected chi connectivity index (χ1v) is 9.94. The van der Waals surface area contributed by atoms with Crippen molar-refractivity contribution in [3.8, 4) is 5.13 Å². The molecule has 0 fully saturated rings. The maximum absolute atomic E-state index is 13.2. The molecule has 1 aliphatic rings. The number of fused-ring (bicyclic) bond motifs is 2. The molecular weight excluding hydrogens is 375 g/mol. The van der Waals surface area contributed by atoms with Crippen LogP contribution in [-0.4, -0.2) is 20.5 Å². The van der Waals surface area contributed by atoms with Crippen molar-refractivity contribution in [2.75, 3.05) is 5.32 Å². The highest BCUT2D eigenvalue weighted by atomic mass is 32.1. The maximum atomic E-state index is 13.2. The Morgan fingerprint density at radius 2 is 1.93 bits per heavy atom. The van der Waals surface area contributed by atoms with E-state index in [2.05, 4.69) is 12.2 Å². The first kappa shape index (κ1) is 17.1. The zero-order valence-corrected chi connectivity index (χ0v) is 16.0. The van der Waals surface area contributed by atoms with Crippen LogP contribution < -0.4 is 5.32 Å². The van der Waals surface area contributed by atoms with Crippen LogP contribution in [0.25, 0.3) is 15.3 Å². The second-order valence-corrected chi connectivity index (χ2v) is 8.12. The van der Waals surface area contributed by atoms with Gasteiger partial charge in [0.25, 0.3) is 0 Å². The van der Waals surface area contributed by atoms with Gasteiger partial charge < -0.3 is 5.32 Å². The average molecular weight is 392 g/mol. The first-order chi connectivity index (χ1) is 13.6. The summed E-state index contributed by atoms with van der Waals surface area (Å²) in [6.07, 6.45) is 1.26. The summed E-state index contributed by atoms with van der Waals surface area (Å²) in [6.45, 7) is 2.07. The van der Waals surface area contributed by atoms with Crippen LogP contribution in [0.3, 0.4) is 0 Å². The molecule has 0 spiro atoms. The van der Waals surface area contributed by atoms with E-state index in [1.165, 1.54) is 12.1 Å². The van der Waals surface area contributed by atoms with Crippen molar-refractivity contribution >= 4 is 38.8 Å². The van der Waals surface area contributed by atoms with Gasteiger partial charge >= 0.3 is 0 Å². The quantitative estimate of drug-likeness (QED) is 0.525. The number of carbonyl (C=O) groups is 1. The molecule has 2 heterocycles. The third kappa shape index (κ3) is 2.88. The number of hydrogen-bond acceptors (Lipinski definition) is 5. The number of nitrogens with zero attached hydrogens (tertiary/aromatic N) is 3. The molecule has 5 rings (SSSR count). The van der Waals surface area contributed by atoms with Crippen LogP contribution in [0.5, 0.6) is 0 Å². The number of halogens is 1. The van der Waals surface area contributed by atoms with Gasteiger partial charge in [-0.25, -0.2) is 14.1 Å². The standard InChI is InChI=1S/C21H17FN4OS/c1-12-10-16-19(17(27)11-12)20(23-14-8-6-13(22)7-9-14)25-26(16)21-24-15-4-2-3-5-18(15)28-21/h2-9,12H,10-11H2,1H3,(H,23,25)/t12-/m1/s1. The highest BCUT2D eigenvalue weighted by Gasteiger charge is 2.31. The van der Waals surface area contributed by atoms with E-state index in [1.807, 2.05) is 24.3 Å². The van der Waals surface area contributed by atoms with Crippen molar-refractivity contribution in [1.82, 2.24) is 14.8 Å². The topological polar surface area (TPSA) is 59.8 Å². The van der Waals surface area contributed by atoms with Crippen molar-refractivity contribution in [3.63, 3.8) is 0 Å². The Hall–Kier alpha value is -3.06. The molecule has 0 aliphatic heterocycles. The molecule has 0 amide bonds. The molecule has 28 heavy (non-hydrogen) atoms. The van der Waals surface area contributed by atoms with Crippen molar-refractivity contribution in [1.29, 1.82) is 0 Å². The lowest BCUT2D eigenvalue weighted by atomic mass is 9.88. The Labute approximate surface area is 164 Å². The molecule has 1 aliphatic carbocycles. The summed E-state index contributed by atoms with van der Waals surface area (Å²) in [5.41, 5.74) is 3.09. The number of aromatic nitrogens is 3. The molecule has 4 aromatic rings. The van der Waals surface area contributed by atoms with Gasteiger partial charge in [0.1, 0.15) is 5.82 Å². The Balaban J connectivity index is 1.64. The van der Waals surface area contributed by atoms with E-state index >= 15 is 0 Å². The number of thiazole rings is 1. The number of para-hydroxylation sites is 1. The van der Waals surface area contributed by atoms with Crippen LogP contribution in [0.4, 0.5) is 15.9 Å². The minimum absolute atomic E-state index is 0.0747. The maximum Gasteiger partial charge on any atom is 0.211 e. The predicted molar refractivity (Wildman–Crippen MR) is 108 cm³/mol. The van der Waals surface area contributed by atoms with E-state index in [0.717, 1.165) is 27.5 Å². The monoisotopic (exact) mass is 392 g/mol. The average Bonchev–Trinajstić information content (AvgIpc) is 3.25. The number of anilines is 2. The van der Waals surface area contributed by atoms with Gasteiger partial charge in [0.15, 0.2) is 11.6 Å². The molecule has 0 saturated heterocycles. The molecule has 7 heteroatoms. The van der Waals surface area contributed by atoms with E-state index in [-0.39, 0.29) is 17.5 Å².